The van der Waals surface area contributed by atoms with E-state index in [4.69, 9.17) is 33.0 Å². The predicted molar refractivity (Wildman–Crippen MR) is 88.5 cm³/mol. The molecule has 0 unspecified atom stereocenters. The van der Waals surface area contributed by atoms with Crippen LogP contribution in [-0.4, -0.2) is 18.2 Å². The van der Waals surface area contributed by atoms with E-state index in [1.165, 1.54) is 7.11 Å². The average Bonchev–Trinajstić information content (AvgIpc) is 2.45. The molecule has 2 N–H and O–H groups in total. The summed E-state index contributed by atoms with van der Waals surface area (Å²) in [6, 6.07) is 8.29. The van der Waals surface area contributed by atoms with Crippen molar-refractivity contribution >= 4 is 34.9 Å². The maximum atomic E-state index is 11.0. The standard InChI is InChI=1S/C16H15Cl2NO3/c1-9-3-4-10(16(20)21)6-14(9)19-8-11-5-12(17)7-13(18)15(11)22-2/h3-7,19H,8H2,1-2H3,(H,20,21). The minimum atomic E-state index is -0.966. The lowest BCUT2D eigenvalue weighted by atomic mass is 10.1. The number of aryl methyl sites for hydroxylation is 1. The average molecular weight is 340 g/mol. The van der Waals surface area contributed by atoms with Crippen LogP contribution < -0.4 is 10.1 Å². The minimum Gasteiger partial charge on any atom is -0.495 e. The van der Waals surface area contributed by atoms with Gasteiger partial charge in [0.15, 0.2) is 0 Å². The van der Waals surface area contributed by atoms with E-state index in [0.717, 1.165) is 16.8 Å². The molecule has 0 saturated heterocycles. The van der Waals surface area contributed by atoms with Crippen molar-refractivity contribution in [3.63, 3.8) is 0 Å². The molecule has 2 aromatic rings. The number of carboxylic acids is 1. The maximum Gasteiger partial charge on any atom is 0.335 e. The Morgan fingerprint density at radius 1 is 1.27 bits per heavy atom. The number of nitrogens with one attached hydrogen (secondary N) is 1. The number of halogens is 2. The van der Waals surface area contributed by atoms with Crippen LogP contribution in [0.25, 0.3) is 0 Å². The Kier molecular flexibility index (Phi) is 5.16. The van der Waals surface area contributed by atoms with Gasteiger partial charge in [-0.25, -0.2) is 4.79 Å². The topological polar surface area (TPSA) is 58.6 Å². The Labute approximate surface area is 138 Å². The highest BCUT2D eigenvalue weighted by Gasteiger charge is 2.11. The molecule has 0 aliphatic rings. The smallest absolute Gasteiger partial charge is 0.335 e. The molecule has 0 spiro atoms. The van der Waals surface area contributed by atoms with E-state index in [1.807, 2.05) is 6.92 Å². The van der Waals surface area contributed by atoms with Gasteiger partial charge in [-0.15, -0.1) is 0 Å². The van der Waals surface area contributed by atoms with Crippen molar-refractivity contribution in [1.82, 2.24) is 0 Å². The minimum absolute atomic E-state index is 0.226. The van der Waals surface area contributed by atoms with Gasteiger partial charge in [-0.05, 0) is 36.8 Å². The van der Waals surface area contributed by atoms with Gasteiger partial charge in [0.1, 0.15) is 5.75 Å². The van der Waals surface area contributed by atoms with Crippen LogP contribution in [0.3, 0.4) is 0 Å². The monoisotopic (exact) mass is 339 g/mol. The van der Waals surface area contributed by atoms with Gasteiger partial charge in [0.05, 0.1) is 17.7 Å². The van der Waals surface area contributed by atoms with Crippen molar-refractivity contribution in [3.05, 3.63) is 57.1 Å². The first-order chi connectivity index (χ1) is 10.4. The largest absolute Gasteiger partial charge is 0.495 e. The fourth-order valence-corrected chi connectivity index (χ4v) is 2.72. The number of benzene rings is 2. The van der Waals surface area contributed by atoms with Gasteiger partial charge in [-0.1, -0.05) is 29.3 Å². The fraction of sp³-hybridized carbons (Fsp3) is 0.188. The van der Waals surface area contributed by atoms with E-state index in [9.17, 15) is 4.79 Å². The Morgan fingerprint density at radius 2 is 2.00 bits per heavy atom. The van der Waals surface area contributed by atoms with Gasteiger partial charge < -0.3 is 15.2 Å². The number of aromatic carboxylic acids is 1. The normalized spacial score (nSPS) is 10.4. The van der Waals surface area contributed by atoms with Crippen molar-refractivity contribution in [1.29, 1.82) is 0 Å². The third kappa shape index (κ3) is 3.64. The van der Waals surface area contributed by atoms with Gasteiger partial charge in [-0.3, -0.25) is 0 Å². The summed E-state index contributed by atoms with van der Waals surface area (Å²) in [6.45, 7) is 2.31. The molecule has 0 radical (unpaired) electrons. The zero-order valence-corrected chi connectivity index (χ0v) is 13.6. The second-order valence-corrected chi connectivity index (χ2v) is 5.61. The lowest BCUT2D eigenvalue weighted by molar-refractivity contribution is 0.0697. The van der Waals surface area contributed by atoms with Crippen molar-refractivity contribution in [2.45, 2.75) is 13.5 Å². The van der Waals surface area contributed by atoms with Crippen LogP contribution in [-0.2, 0) is 6.54 Å². The number of hydrogen-bond donors (Lipinski definition) is 2. The summed E-state index contributed by atoms with van der Waals surface area (Å²) in [5, 5.41) is 13.2. The van der Waals surface area contributed by atoms with Gasteiger partial charge in [0.25, 0.3) is 0 Å². The highest BCUT2D eigenvalue weighted by molar-refractivity contribution is 6.35. The van der Waals surface area contributed by atoms with Crippen molar-refractivity contribution in [2.24, 2.45) is 0 Å². The fourth-order valence-electron chi connectivity index (χ4n) is 2.11. The van der Waals surface area contributed by atoms with Crippen LogP contribution in [0.4, 0.5) is 5.69 Å². The quantitative estimate of drug-likeness (QED) is 0.834. The molecule has 6 heteroatoms. The first-order valence-electron chi connectivity index (χ1n) is 6.52. The highest BCUT2D eigenvalue weighted by atomic mass is 35.5. The number of ether oxygens (including phenoxy) is 1. The second-order valence-electron chi connectivity index (χ2n) is 4.77. The van der Waals surface area contributed by atoms with Gasteiger partial charge in [0.2, 0.25) is 0 Å². The Hall–Kier alpha value is -1.91. The number of anilines is 1. The molecule has 22 heavy (non-hydrogen) atoms. The van der Waals surface area contributed by atoms with Crippen LogP contribution in [0, 0.1) is 6.92 Å². The molecule has 0 bridgehead atoms. The van der Waals surface area contributed by atoms with E-state index >= 15 is 0 Å². The molecule has 2 aromatic carbocycles. The van der Waals surface area contributed by atoms with Crippen LogP contribution >= 0.6 is 23.2 Å². The first-order valence-corrected chi connectivity index (χ1v) is 7.27. The van der Waals surface area contributed by atoms with E-state index in [1.54, 1.807) is 30.3 Å². The van der Waals surface area contributed by atoms with E-state index in [0.29, 0.717) is 22.3 Å². The molecule has 2 rings (SSSR count). The maximum absolute atomic E-state index is 11.0. The van der Waals surface area contributed by atoms with E-state index in [-0.39, 0.29) is 5.56 Å². The van der Waals surface area contributed by atoms with Gasteiger partial charge in [-0.2, -0.15) is 0 Å². The third-order valence-corrected chi connectivity index (χ3v) is 3.74. The van der Waals surface area contributed by atoms with Crippen LogP contribution in [0.5, 0.6) is 5.75 Å². The summed E-state index contributed by atoms with van der Waals surface area (Å²) < 4.78 is 5.29. The van der Waals surface area contributed by atoms with Gasteiger partial charge in [0, 0.05) is 22.8 Å². The van der Waals surface area contributed by atoms with E-state index in [2.05, 4.69) is 5.32 Å². The second kappa shape index (κ2) is 6.90. The third-order valence-electron chi connectivity index (χ3n) is 3.24. The zero-order valence-electron chi connectivity index (χ0n) is 12.1. The number of carbonyl (C=O) groups is 1. The molecule has 0 fully saturated rings. The molecule has 0 saturated carbocycles. The highest BCUT2D eigenvalue weighted by Crippen LogP contribution is 2.32. The number of carboxylic acid groups (broad SMARTS) is 1. The van der Waals surface area contributed by atoms with Crippen LogP contribution in [0.1, 0.15) is 21.5 Å². The summed E-state index contributed by atoms with van der Waals surface area (Å²) in [5.41, 5.74) is 2.69. The lowest BCUT2D eigenvalue weighted by Crippen LogP contribution is -2.05. The Balaban J connectivity index is 2.27. The first kappa shape index (κ1) is 16.5. The molecule has 0 aliphatic heterocycles. The Morgan fingerprint density at radius 3 is 2.64 bits per heavy atom. The molecule has 0 atom stereocenters. The molecule has 0 amide bonds. The SMILES string of the molecule is COc1c(Cl)cc(Cl)cc1CNc1cc(C(=O)O)ccc1C. The Bertz CT molecular complexity index is 717. The van der Waals surface area contributed by atoms with E-state index < -0.39 is 5.97 Å². The number of hydrogen-bond acceptors (Lipinski definition) is 3. The summed E-state index contributed by atoms with van der Waals surface area (Å²) in [7, 11) is 1.54. The molecule has 0 aromatic heterocycles. The van der Waals surface area contributed by atoms with Crippen molar-refractivity contribution in [3.8, 4) is 5.75 Å². The number of rotatable bonds is 5. The molecule has 116 valence electrons. The molecular weight excluding hydrogens is 325 g/mol. The summed E-state index contributed by atoms with van der Waals surface area (Å²) in [6.07, 6.45) is 0. The summed E-state index contributed by atoms with van der Waals surface area (Å²) in [5.74, 6) is -0.419. The lowest BCUT2D eigenvalue weighted by Gasteiger charge is -2.14. The number of methoxy groups -OCH3 is 1. The molecular formula is C16H15Cl2NO3. The molecule has 4 nitrogen and oxygen atoms in total. The zero-order chi connectivity index (χ0) is 16.3. The van der Waals surface area contributed by atoms with Gasteiger partial charge >= 0.3 is 5.97 Å². The summed E-state index contributed by atoms with van der Waals surface area (Å²) >= 11 is 12.1. The van der Waals surface area contributed by atoms with Crippen LogP contribution in [0.15, 0.2) is 30.3 Å². The van der Waals surface area contributed by atoms with Crippen molar-refractivity contribution in [2.75, 3.05) is 12.4 Å². The predicted octanol–water partition coefficient (Wildman–Crippen LogP) is 4.62. The summed E-state index contributed by atoms with van der Waals surface area (Å²) in [4.78, 5) is 11.0. The molecule has 0 aliphatic carbocycles. The van der Waals surface area contributed by atoms with Crippen molar-refractivity contribution < 1.29 is 14.6 Å². The van der Waals surface area contributed by atoms with Crippen LogP contribution in [0.2, 0.25) is 10.0 Å². The molecule has 0 heterocycles.